The van der Waals surface area contributed by atoms with Gasteiger partial charge in [-0.25, -0.2) is 9.78 Å². The number of pyridine rings is 1. The molecule has 6 nitrogen and oxygen atoms in total. The summed E-state index contributed by atoms with van der Waals surface area (Å²) in [6.07, 6.45) is -5.24. The van der Waals surface area contributed by atoms with Crippen molar-refractivity contribution in [2.24, 2.45) is 0 Å². The predicted octanol–water partition coefficient (Wildman–Crippen LogP) is 2.91. The predicted molar refractivity (Wildman–Crippen MR) is 76.7 cm³/mol. The SMILES string of the molecule is CC(C)(C)OC(=O)NCCNc1nc(C(F)(F)F)ccc1C#N. The maximum absolute atomic E-state index is 12.6. The zero-order chi connectivity index (χ0) is 17.7. The molecule has 23 heavy (non-hydrogen) atoms. The molecule has 2 N–H and O–H groups in total. The minimum absolute atomic E-state index is 0.0183. The highest BCUT2D eigenvalue weighted by molar-refractivity contribution is 5.67. The molecule has 0 aliphatic heterocycles. The normalized spacial score (nSPS) is 11.5. The van der Waals surface area contributed by atoms with E-state index in [1.807, 2.05) is 0 Å². The van der Waals surface area contributed by atoms with Crippen LogP contribution in [0, 0.1) is 11.3 Å². The molecular weight excluding hydrogens is 313 g/mol. The van der Waals surface area contributed by atoms with Crippen LogP contribution in [0.2, 0.25) is 0 Å². The Bertz CT molecular complexity index is 604. The van der Waals surface area contributed by atoms with Gasteiger partial charge in [-0.05, 0) is 32.9 Å². The molecule has 0 radical (unpaired) electrons. The Morgan fingerprint density at radius 3 is 2.48 bits per heavy atom. The third kappa shape index (κ3) is 6.42. The van der Waals surface area contributed by atoms with Gasteiger partial charge in [0, 0.05) is 13.1 Å². The number of nitrogens with one attached hydrogen (secondary N) is 2. The number of halogens is 3. The van der Waals surface area contributed by atoms with E-state index >= 15 is 0 Å². The molecule has 0 saturated carbocycles. The second-order valence-corrected chi connectivity index (χ2v) is 5.56. The Kier molecular flexibility index (Phi) is 5.79. The van der Waals surface area contributed by atoms with Crippen molar-refractivity contribution in [3.8, 4) is 6.07 Å². The lowest BCUT2D eigenvalue weighted by molar-refractivity contribution is -0.141. The van der Waals surface area contributed by atoms with Crippen LogP contribution in [0.1, 0.15) is 32.0 Å². The van der Waals surface area contributed by atoms with Crippen LogP contribution >= 0.6 is 0 Å². The first-order valence-electron chi connectivity index (χ1n) is 6.72. The van der Waals surface area contributed by atoms with E-state index in [1.54, 1.807) is 26.8 Å². The lowest BCUT2D eigenvalue weighted by Crippen LogP contribution is -2.35. The van der Waals surface area contributed by atoms with Crippen LogP contribution in [0.3, 0.4) is 0 Å². The number of anilines is 1. The number of alkyl halides is 3. The maximum atomic E-state index is 12.6. The molecule has 0 unspecified atom stereocenters. The van der Waals surface area contributed by atoms with Gasteiger partial charge >= 0.3 is 12.3 Å². The number of amides is 1. The average molecular weight is 330 g/mol. The monoisotopic (exact) mass is 330 g/mol. The highest BCUT2D eigenvalue weighted by Crippen LogP contribution is 2.29. The molecule has 0 aromatic carbocycles. The molecule has 0 saturated heterocycles. The molecular formula is C14H17F3N4O2. The second kappa shape index (κ2) is 7.17. The summed E-state index contributed by atoms with van der Waals surface area (Å²) in [5.74, 6) is -0.187. The summed E-state index contributed by atoms with van der Waals surface area (Å²) in [7, 11) is 0. The van der Waals surface area contributed by atoms with E-state index in [1.165, 1.54) is 0 Å². The van der Waals surface area contributed by atoms with Crippen molar-refractivity contribution in [3.05, 3.63) is 23.4 Å². The van der Waals surface area contributed by atoms with Gasteiger partial charge in [0.15, 0.2) is 0 Å². The number of alkyl carbamates (subject to hydrolysis) is 1. The van der Waals surface area contributed by atoms with Crippen LogP contribution in [0.5, 0.6) is 0 Å². The summed E-state index contributed by atoms with van der Waals surface area (Å²) >= 11 is 0. The van der Waals surface area contributed by atoms with E-state index in [2.05, 4.69) is 15.6 Å². The number of hydrogen-bond donors (Lipinski definition) is 2. The van der Waals surface area contributed by atoms with Gasteiger partial charge < -0.3 is 15.4 Å². The summed E-state index contributed by atoms with van der Waals surface area (Å²) in [5, 5.41) is 13.9. The van der Waals surface area contributed by atoms with E-state index in [0.717, 1.165) is 12.1 Å². The highest BCUT2D eigenvalue weighted by atomic mass is 19.4. The van der Waals surface area contributed by atoms with Crippen LogP contribution in [0.25, 0.3) is 0 Å². The van der Waals surface area contributed by atoms with E-state index < -0.39 is 23.6 Å². The fraction of sp³-hybridized carbons (Fsp3) is 0.500. The first-order chi connectivity index (χ1) is 10.5. The van der Waals surface area contributed by atoms with Crippen molar-refractivity contribution in [2.45, 2.75) is 32.5 Å². The smallest absolute Gasteiger partial charge is 0.433 e. The number of nitriles is 1. The van der Waals surface area contributed by atoms with Crippen molar-refractivity contribution >= 4 is 11.9 Å². The number of rotatable bonds is 4. The number of nitrogens with zero attached hydrogens (tertiary/aromatic N) is 2. The van der Waals surface area contributed by atoms with Gasteiger partial charge in [0.1, 0.15) is 23.2 Å². The molecule has 1 aromatic heterocycles. The molecule has 0 aliphatic rings. The average Bonchev–Trinajstić information content (AvgIpc) is 2.40. The molecule has 0 bridgehead atoms. The molecule has 1 aromatic rings. The van der Waals surface area contributed by atoms with Gasteiger partial charge in [-0.3, -0.25) is 0 Å². The summed E-state index contributed by atoms with van der Waals surface area (Å²) in [5.41, 5.74) is -1.76. The number of hydrogen-bond acceptors (Lipinski definition) is 5. The van der Waals surface area contributed by atoms with Gasteiger partial charge in [-0.2, -0.15) is 18.4 Å². The first-order valence-corrected chi connectivity index (χ1v) is 6.72. The van der Waals surface area contributed by atoms with Gasteiger partial charge in [0.25, 0.3) is 0 Å². The fourth-order valence-corrected chi connectivity index (χ4v) is 1.50. The molecule has 9 heteroatoms. The Morgan fingerprint density at radius 1 is 1.30 bits per heavy atom. The second-order valence-electron chi connectivity index (χ2n) is 5.56. The summed E-state index contributed by atoms with van der Waals surface area (Å²) in [6, 6.07) is 3.53. The zero-order valence-corrected chi connectivity index (χ0v) is 12.9. The van der Waals surface area contributed by atoms with E-state index in [4.69, 9.17) is 10.00 Å². The minimum Gasteiger partial charge on any atom is -0.444 e. The van der Waals surface area contributed by atoms with Gasteiger partial charge in [-0.15, -0.1) is 0 Å². The summed E-state index contributed by atoms with van der Waals surface area (Å²) < 4.78 is 42.8. The molecule has 126 valence electrons. The Hall–Kier alpha value is -2.50. The van der Waals surface area contributed by atoms with Crippen LogP contribution < -0.4 is 10.6 Å². The number of ether oxygens (including phenoxy) is 1. The number of aromatic nitrogens is 1. The summed E-state index contributed by atoms with van der Waals surface area (Å²) in [6.45, 7) is 5.30. The molecule has 1 heterocycles. The zero-order valence-electron chi connectivity index (χ0n) is 12.9. The highest BCUT2D eigenvalue weighted by Gasteiger charge is 2.33. The van der Waals surface area contributed by atoms with Gasteiger partial charge in [0.2, 0.25) is 0 Å². The van der Waals surface area contributed by atoms with Crippen molar-refractivity contribution in [1.82, 2.24) is 10.3 Å². The minimum atomic E-state index is -4.60. The molecule has 0 aliphatic carbocycles. The van der Waals surface area contributed by atoms with Crippen LogP contribution in [-0.2, 0) is 10.9 Å². The molecule has 0 atom stereocenters. The van der Waals surface area contributed by atoms with Crippen LogP contribution in [-0.4, -0.2) is 29.8 Å². The number of carbonyl (C=O) groups is 1. The van der Waals surface area contributed by atoms with Crippen molar-refractivity contribution in [2.75, 3.05) is 18.4 Å². The standard InChI is InChI=1S/C14H17F3N4O2/c1-13(2,3)23-12(22)20-7-6-19-11-9(8-18)4-5-10(21-11)14(15,16)17/h4-5H,6-7H2,1-3H3,(H,19,21)(H,20,22). The molecule has 0 fully saturated rings. The van der Waals surface area contributed by atoms with E-state index in [9.17, 15) is 18.0 Å². The fourth-order valence-electron chi connectivity index (χ4n) is 1.50. The summed E-state index contributed by atoms with van der Waals surface area (Å²) in [4.78, 5) is 14.8. The van der Waals surface area contributed by atoms with E-state index in [-0.39, 0.29) is 24.5 Å². The van der Waals surface area contributed by atoms with Crippen LogP contribution in [0.4, 0.5) is 23.8 Å². The molecule has 1 amide bonds. The number of carbonyl (C=O) groups excluding carboxylic acids is 1. The van der Waals surface area contributed by atoms with Crippen molar-refractivity contribution in [3.63, 3.8) is 0 Å². The Balaban J connectivity index is 2.61. The largest absolute Gasteiger partial charge is 0.444 e. The first kappa shape index (κ1) is 18.5. The third-order valence-electron chi connectivity index (χ3n) is 2.39. The van der Waals surface area contributed by atoms with Crippen LogP contribution in [0.15, 0.2) is 12.1 Å². The molecule has 0 spiro atoms. The van der Waals surface area contributed by atoms with E-state index in [0.29, 0.717) is 0 Å². The van der Waals surface area contributed by atoms with Crippen molar-refractivity contribution in [1.29, 1.82) is 5.26 Å². The topological polar surface area (TPSA) is 87.0 Å². The Morgan fingerprint density at radius 2 is 1.96 bits per heavy atom. The third-order valence-corrected chi connectivity index (χ3v) is 2.39. The molecule has 1 rings (SSSR count). The maximum Gasteiger partial charge on any atom is 0.433 e. The van der Waals surface area contributed by atoms with Gasteiger partial charge in [0.05, 0.1) is 5.56 Å². The lowest BCUT2D eigenvalue weighted by Gasteiger charge is -2.19. The quantitative estimate of drug-likeness (QED) is 0.829. The lowest BCUT2D eigenvalue weighted by atomic mass is 10.2. The van der Waals surface area contributed by atoms with Crippen molar-refractivity contribution < 1.29 is 22.7 Å². The van der Waals surface area contributed by atoms with Gasteiger partial charge in [-0.1, -0.05) is 0 Å². The Labute approximate surface area is 131 Å².